The van der Waals surface area contributed by atoms with Crippen LogP contribution < -0.4 is 0 Å². The van der Waals surface area contributed by atoms with Crippen LogP contribution >= 0.6 is 39.1 Å². The third kappa shape index (κ3) is 3.41. The number of ketones is 1. The predicted molar refractivity (Wildman–Crippen MR) is 100 cm³/mol. The summed E-state index contributed by atoms with van der Waals surface area (Å²) in [5.74, 6) is -0.135. The van der Waals surface area contributed by atoms with Crippen LogP contribution in [0.15, 0.2) is 67.3 Å². The van der Waals surface area contributed by atoms with Crippen molar-refractivity contribution < 1.29 is 4.79 Å². The lowest BCUT2D eigenvalue weighted by molar-refractivity contribution is 0.0935. The second-order valence-electron chi connectivity index (χ2n) is 5.36. The van der Waals surface area contributed by atoms with Crippen LogP contribution in [0.5, 0.6) is 0 Å². The lowest BCUT2D eigenvalue weighted by Crippen LogP contribution is -2.34. The summed E-state index contributed by atoms with van der Waals surface area (Å²) in [7, 11) is 0. The van der Waals surface area contributed by atoms with Crippen molar-refractivity contribution in [2.75, 3.05) is 0 Å². The molecule has 6 heteroatoms. The van der Waals surface area contributed by atoms with Crippen LogP contribution in [0.4, 0.5) is 0 Å². The van der Waals surface area contributed by atoms with Crippen LogP contribution in [-0.2, 0) is 10.9 Å². The van der Waals surface area contributed by atoms with E-state index in [0.29, 0.717) is 22.2 Å². The van der Waals surface area contributed by atoms with Gasteiger partial charge in [-0.1, -0.05) is 69.5 Å². The topological polar surface area (TPSA) is 34.9 Å². The molecule has 1 unspecified atom stereocenters. The highest BCUT2D eigenvalue weighted by Crippen LogP contribution is 2.38. The number of alkyl halides is 1. The van der Waals surface area contributed by atoms with Crippen molar-refractivity contribution in [3.8, 4) is 0 Å². The van der Waals surface area contributed by atoms with Crippen molar-refractivity contribution in [2.24, 2.45) is 0 Å². The fourth-order valence-corrected chi connectivity index (χ4v) is 3.78. The van der Waals surface area contributed by atoms with Crippen LogP contribution in [-0.4, -0.2) is 15.3 Å². The molecular formula is C18H13BrCl2N2O. The number of benzene rings is 2. The van der Waals surface area contributed by atoms with E-state index in [0.717, 1.165) is 5.56 Å². The average molecular weight is 424 g/mol. The number of hydrogen-bond acceptors (Lipinski definition) is 2. The molecule has 0 aliphatic rings. The Bertz CT molecular complexity index is 853. The molecule has 0 aliphatic carbocycles. The third-order valence-corrected chi connectivity index (χ3v) is 5.34. The zero-order chi connectivity index (χ0) is 17.2. The number of nitrogens with zero attached hydrogens (tertiary/aromatic N) is 2. The highest BCUT2D eigenvalue weighted by molar-refractivity contribution is 9.10. The molecular weight excluding hydrogens is 411 g/mol. The SMILES string of the molecule is O=C(c1ccc(Cl)cc1Cl)C(Br)(Cn1ccnc1)c1ccccc1. The molecule has 0 aliphatic heterocycles. The Morgan fingerprint density at radius 1 is 1.17 bits per heavy atom. The Hall–Kier alpha value is -1.62. The maximum absolute atomic E-state index is 13.3. The van der Waals surface area contributed by atoms with E-state index >= 15 is 0 Å². The third-order valence-electron chi connectivity index (χ3n) is 3.73. The largest absolute Gasteiger partial charge is 0.335 e. The van der Waals surface area contributed by atoms with Gasteiger partial charge in [-0.25, -0.2) is 4.98 Å². The van der Waals surface area contributed by atoms with Crippen molar-refractivity contribution in [1.29, 1.82) is 0 Å². The van der Waals surface area contributed by atoms with Gasteiger partial charge < -0.3 is 4.57 Å². The van der Waals surface area contributed by atoms with Crippen LogP contribution in [0, 0.1) is 0 Å². The van der Waals surface area contributed by atoms with Crippen molar-refractivity contribution in [3.63, 3.8) is 0 Å². The lowest BCUT2D eigenvalue weighted by atomic mass is 9.90. The molecule has 0 spiro atoms. The maximum Gasteiger partial charge on any atom is 0.187 e. The van der Waals surface area contributed by atoms with Gasteiger partial charge in [-0.2, -0.15) is 0 Å². The molecule has 3 nitrogen and oxygen atoms in total. The first-order valence-corrected chi connectivity index (χ1v) is 8.75. The summed E-state index contributed by atoms with van der Waals surface area (Å²) in [6.45, 7) is 0.384. The van der Waals surface area contributed by atoms with E-state index in [9.17, 15) is 4.79 Å². The molecule has 0 radical (unpaired) electrons. The van der Waals surface area contributed by atoms with Gasteiger partial charge in [0, 0.05) is 23.0 Å². The van der Waals surface area contributed by atoms with E-state index in [1.807, 2.05) is 41.1 Å². The lowest BCUT2D eigenvalue weighted by Gasteiger charge is -2.27. The Kier molecular flexibility index (Phi) is 5.09. The summed E-state index contributed by atoms with van der Waals surface area (Å²) < 4.78 is 0.885. The standard InChI is InChI=1S/C18H13BrCl2N2O/c19-18(11-23-9-8-22-12-23,13-4-2-1-3-5-13)17(24)15-7-6-14(20)10-16(15)21/h1-10,12H,11H2. The number of Topliss-reactive ketones (excluding diaryl/α,β-unsaturated/α-hetero) is 1. The van der Waals surface area contributed by atoms with Crippen molar-refractivity contribution in [1.82, 2.24) is 9.55 Å². The average Bonchev–Trinajstić information content (AvgIpc) is 3.08. The summed E-state index contributed by atoms with van der Waals surface area (Å²) in [4.78, 5) is 17.4. The molecule has 0 amide bonds. The molecule has 1 atom stereocenters. The highest BCUT2D eigenvalue weighted by atomic mass is 79.9. The number of halogens is 3. The highest BCUT2D eigenvalue weighted by Gasteiger charge is 2.39. The summed E-state index contributed by atoms with van der Waals surface area (Å²) in [5, 5.41) is 0.823. The molecule has 1 heterocycles. The minimum atomic E-state index is -0.966. The first-order valence-electron chi connectivity index (χ1n) is 7.21. The van der Waals surface area contributed by atoms with Gasteiger partial charge in [0.2, 0.25) is 0 Å². The molecule has 24 heavy (non-hydrogen) atoms. The molecule has 3 aromatic rings. The first kappa shape index (κ1) is 17.2. The van der Waals surface area contributed by atoms with Gasteiger partial charge in [0.1, 0.15) is 4.32 Å². The summed E-state index contributed by atoms with van der Waals surface area (Å²) >= 11 is 15.9. The van der Waals surface area contributed by atoms with Crippen LogP contribution in [0.3, 0.4) is 0 Å². The van der Waals surface area contributed by atoms with Crippen LogP contribution in [0.2, 0.25) is 10.0 Å². The number of carbonyl (C=O) groups excluding carboxylic acids is 1. The monoisotopic (exact) mass is 422 g/mol. The molecule has 0 fully saturated rings. The Balaban J connectivity index is 2.08. The summed E-state index contributed by atoms with van der Waals surface area (Å²) in [6.07, 6.45) is 5.17. The van der Waals surface area contributed by atoms with E-state index in [4.69, 9.17) is 23.2 Å². The molecule has 0 saturated heterocycles. The number of imidazole rings is 1. The van der Waals surface area contributed by atoms with Gasteiger partial charge in [0.25, 0.3) is 0 Å². The smallest absolute Gasteiger partial charge is 0.187 e. The zero-order valence-electron chi connectivity index (χ0n) is 12.5. The van der Waals surface area contributed by atoms with Crippen LogP contribution in [0.1, 0.15) is 15.9 Å². The van der Waals surface area contributed by atoms with E-state index in [2.05, 4.69) is 20.9 Å². The van der Waals surface area contributed by atoms with Crippen molar-refractivity contribution in [3.05, 3.63) is 88.4 Å². The Morgan fingerprint density at radius 3 is 2.54 bits per heavy atom. The second kappa shape index (κ2) is 7.09. The van der Waals surface area contributed by atoms with Crippen LogP contribution in [0.25, 0.3) is 0 Å². The summed E-state index contributed by atoms with van der Waals surface area (Å²) in [5.41, 5.74) is 1.26. The number of hydrogen-bond donors (Lipinski definition) is 0. The Labute approximate surface area is 158 Å². The number of carbonyl (C=O) groups is 1. The molecule has 2 aromatic carbocycles. The molecule has 0 N–H and O–H groups in total. The second-order valence-corrected chi connectivity index (χ2v) is 7.55. The van der Waals surface area contributed by atoms with Gasteiger partial charge in [0.05, 0.1) is 17.9 Å². The van der Waals surface area contributed by atoms with E-state index in [-0.39, 0.29) is 5.78 Å². The summed E-state index contributed by atoms with van der Waals surface area (Å²) in [6, 6.07) is 14.4. The van der Waals surface area contributed by atoms with E-state index in [1.165, 1.54) is 0 Å². The number of rotatable bonds is 5. The molecule has 0 bridgehead atoms. The molecule has 3 rings (SSSR count). The zero-order valence-corrected chi connectivity index (χ0v) is 15.6. The molecule has 0 saturated carbocycles. The normalized spacial score (nSPS) is 13.5. The minimum Gasteiger partial charge on any atom is -0.335 e. The van der Waals surface area contributed by atoms with Gasteiger partial charge in [0.15, 0.2) is 5.78 Å². The van der Waals surface area contributed by atoms with Crippen molar-refractivity contribution in [2.45, 2.75) is 10.9 Å². The van der Waals surface area contributed by atoms with E-state index in [1.54, 1.807) is 30.7 Å². The Morgan fingerprint density at radius 2 is 1.92 bits per heavy atom. The number of aromatic nitrogens is 2. The molecule has 122 valence electrons. The van der Waals surface area contributed by atoms with Gasteiger partial charge >= 0.3 is 0 Å². The van der Waals surface area contributed by atoms with Gasteiger partial charge in [-0.05, 0) is 23.8 Å². The minimum absolute atomic E-state index is 0.135. The van der Waals surface area contributed by atoms with E-state index < -0.39 is 4.32 Å². The fourth-order valence-electron chi connectivity index (χ4n) is 2.52. The van der Waals surface area contributed by atoms with Gasteiger partial charge in [-0.15, -0.1) is 0 Å². The van der Waals surface area contributed by atoms with Gasteiger partial charge in [-0.3, -0.25) is 4.79 Å². The fraction of sp³-hybridized carbons (Fsp3) is 0.111. The van der Waals surface area contributed by atoms with Crippen molar-refractivity contribution >= 4 is 44.9 Å². The maximum atomic E-state index is 13.3. The first-order chi connectivity index (χ1) is 11.5. The predicted octanol–water partition coefficient (Wildman–Crippen LogP) is 5.36. The molecule has 1 aromatic heterocycles. The quantitative estimate of drug-likeness (QED) is 0.408.